The van der Waals surface area contributed by atoms with Crippen molar-refractivity contribution in [3.8, 4) is 11.5 Å². The second kappa shape index (κ2) is 6.55. The highest BCUT2D eigenvalue weighted by atomic mass is 35.5. The molecule has 0 unspecified atom stereocenters. The predicted octanol–water partition coefficient (Wildman–Crippen LogP) is 3.95. The van der Waals surface area contributed by atoms with Crippen LogP contribution in [-0.4, -0.2) is 11.5 Å². The molecular weight excluding hydrogens is 260 g/mol. The monoisotopic (exact) mass is 276 g/mol. The van der Waals surface area contributed by atoms with Gasteiger partial charge in [-0.05, 0) is 43.8 Å². The Kier molecular flexibility index (Phi) is 4.77. The number of pyridine rings is 1. The molecule has 0 spiro atoms. The van der Waals surface area contributed by atoms with E-state index in [4.69, 9.17) is 16.3 Å². The number of hydrogen-bond donors (Lipinski definition) is 1. The number of hydrogen-bond acceptors (Lipinski definition) is 3. The third-order valence-corrected chi connectivity index (χ3v) is 3.00. The van der Waals surface area contributed by atoms with Crippen LogP contribution in [0.15, 0.2) is 36.5 Å². The van der Waals surface area contributed by atoms with Crippen molar-refractivity contribution in [2.24, 2.45) is 0 Å². The first-order valence-corrected chi connectivity index (χ1v) is 6.67. The first kappa shape index (κ1) is 13.8. The van der Waals surface area contributed by atoms with E-state index in [0.29, 0.717) is 5.02 Å². The number of benzene rings is 1. The van der Waals surface area contributed by atoms with Crippen molar-refractivity contribution in [2.45, 2.75) is 20.4 Å². The molecule has 0 fully saturated rings. The SMILES string of the molecule is CCNCc1cc(Cl)ccc1Oc1cccnc1C. The van der Waals surface area contributed by atoms with Gasteiger partial charge in [0.1, 0.15) is 11.5 Å². The summed E-state index contributed by atoms with van der Waals surface area (Å²) in [5.41, 5.74) is 1.91. The zero-order valence-electron chi connectivity index (χ0n) is 11.1. The van der Waals surface area contributed by atoms with Crippen molar-refractivity contribution in [2.75, 3.05) is 6.54 Å². The second-order valence-electron chi connectivity index (χ2n) is 4.22. The van der Waals surface area contributed by atoms with Crippen LogP contribution in [-0.2, 0) is 6.54 Å². The summed E-state index contributed by atoms with van der Waals surface area (Å²) < 4.78 is 5.93. The van der Waals surface area contributed by atoms with E-state index in [0.717, 1.165) is 35.8 Å². The Balaban J connectivity index is 2.26. The van der Waals surface area contributed by atoms with Gasteiger partial charge in [-0.25, -0.2) is 0 Å². The second-order valence-corrected chi connectivity index (χ2v) is 4.66. The number of ether oxygens (including phenoxy) is 1. The molecule has 0 aliphatic heterocycles. The maximum atomic E-state index is 6.03. The van der Waals surface area contributed by atoms with E-state index in [2.05, 4.69) is 17.2 Å². The molecule has 1 aromatic carbocycles. The van der Waals surface area contributed by atoms with E-state index >= 15 is 0 Å². The van der Waals surface area contributed by atoms with Gasteiger partial charge in [-0.3, -0.25) is 4.98 Å². The molecule has 100 valence electrons. The van der Waals surface area contributed by atoms with Crippen LogP contribution in [0.2, 0.25) is 5.02 Å². The van der Waals surface area contributed by atoms with Crippen LogP contribution in [0.4, 0.5) is 0 Å². The van der Waals surface area contributed by atoms with Gasteiger partial charge in [0.15, 0.2) is 0 Å². The molecule has 2 rings (SSSR count). The highest BCUT2D eigenvalue weighted by molar-refractivity contribution is 6.30. The number of aromatic nitrogens is 1. The van der Waals surface area contributed by atoms with E-state index in [1.165, 1.54) is 0 Å². The summed E-state index contributed by atoms with van der Waals surface area (Å²) >= 11 is 6.03. The maximum Gasteiger partial charge on any atom is 0.148 e. The first-order chi connectivity index (χ1) is 9.20. The van der Waals surface area contributed by atoms with Crippen molar-refractivity contribution >= 4 is 11.6 Å². The van der Waals surface area contributed by atoms with Gasteiger partial charge in [0, 0.05) is 23.3 Å². The van der Waals surface area contributed by atoms with Crippen molar-refractivity contribution in [1.82, 2.24) is 10.3 Å². The number of rotatable bonds is 5. The van der Waals surface area contributed by atoms with Crippen molar-refractivity contribution in [3.05, 3.63) is 52.8 Å². The molecule has 0 bridgehead atoms. The topological polar surface area (TPSA) is 34.1 Å². The molecule has 0 amide bonds. The lowest BCUT2D eigenvalue weighted by Gasteiger charge is -2.13. The van der Waals surface area contributed by atoms with Crippen LogP contribution < -0.4 is 10.1 Å². The zero-order chi connectivity index (χ0) is 13.7. The molecule has 0 saturated heterocycles. The van der Waals surface area contributed by atoms with Crippen LogP contribution in [0.3, 0.4) is 0 Å². The molecule has 1 heterocycles. The summed E-state index contributed by atoms with van der Waals surface area (Å²) in [4.78, 5) is 4.22. The lowest BCUT2D eigenvalue weighted by molar-refractivity contribution is 0.467. The molecular formula is C15H17ClN2O. The summed E-state index contributed by atoms with van der Waals surface area (Å²) in [6.45, 7) is 5.62. The number of aryl methyl sites for hydroxylation is 1. The minimum Gasteiger partial charge on any atom is -0.455 e. The molecule has 0 aliphatic rings. The quantitative estimate of drug-likeness (QED) is 0.898. The molecule has 0 radical (unpaired) electrons. The Labute approximate surface area is 118 Å². The molecule has 1 aromatic heterocycles. The summed E-state index contributed by atoms with van der Waals surface area (Å²) in [6.07, 6.45) is 1.75. The van der Waals surface area contributed by atoms with Crippen LogP contribution >= 0.6 is 11.6 Å². The first-order valence-electron chi connectivity index (χ1n) is 6.29. The molecule has 0 atom stereocenters. The molecule has 3 nitrogen and oxygen atoms in total. The third-order valence-electron chi connectivity index (χ3n) is 2.77. The van der Waals surface area contributed by atoms with Gasteiger partial charge in [-0.2, -0.15) is 0 Å². The summed E-state index contributed by atoms with van der Waals surface area (Å²) in [6, 6.07) is 9.42. The van der Waals surface area contributed by atoms with Crippen molar-refractivity contribution in [1.29, 1.82) is 0 Å². The van der Waals surface area contributed by atoms with Crippen LogP contribution in [0, 0.1) is 6.92 Å². The smallest absolute Gasteiger partial charge is 0.148 e. The number of nitrogens with one attached hydrogen (secondary N) is 1. The van der Waals surface area contributed by atoms with Crippen LogP contribution in [0.5, 0.6) is 11.5 Å². The minimum atomic E-state index is 0.711. The zero-order valence-corrected chi connectivity index (χ0v) is 11.9. The molecule has 1 N–H and O–H groups in total. The van der Waals surface area contributed by atoms with Crippen molar-refractivity contribution < 1.29 is 4.74 Å². The maximum absolute atomic E-state index is 6.03. The Bertz CT molecular complexity index is 558. The lowest BCUT2D eigenvalue weighted by Crippen LogP contribution is -2.12. The molecule has 19 heavy (non-hydrogen) atoms. The number of nitrogens with zero attached hydrogens (tertiary/aromatic N) is 1. The predicted molar refractivity (Wildman–Crippen MR) is 77.9 cm³/mol. The fourth-order valence-electron chi connectivity index (χ4n) is 1.74. The Morgan fingerprint density at radius 3 is 2.84 bits per heavy atom. The summed E-state index contributed by atoms with van der Waals surface area (Å²) in [5.74, 6) is 1.57. The normalized spacial score (nSPS) is 10.5. The van der Waals surface area contributed by atoms with Crippen LogP contribution in [0.25, 0.3) is 0 Å². The van der Waals surface area contributed by atoms with E-state index in [1.807, 2.05) is 37.3 Å². The molecule has 4 heteroatoms. The molecule has 0 aliphatic carbocycles. The van der Waals surface area contributed by atoms with Crippen molar-refractivity contribution in [3.63, 3.8) is 0 Å². The average Bonchev–Trinajstić information content (AvgIpc) is 2.41. The van der Waals surface area contributed by atoms with Gasteiger partial charge in [0.05, 0.1) is 5.69 Å². The molecule has 0 saturated carbocycles. The standard InChI is InChI=1S/C15H17ClN2O/c1-3-17-10-12-9-13(16)6-7-15(12)19-14-5-4-8-18-11(14)2/h4-9,17H,3,10H2,1-2H3. The fraction of sp³-hybridized carbons (Fsp3) is 0.267. The Hall–Kier alpha value is -1.58. The largest absolute Gasteiger partial charge is 0.455 e. The van der Waals surface area contributed by atoms with Gasteiger partial charge in [0.25, 0.3) is 0 Å². The van der Waals surface area contributed by atoms with Gasteiger partial charge < -0.3 is 10.1 Å². The number of halogens is 1. The van der Waals surface area contributed by atoms with Crippen LogP contribution in [0.1, 0.15) is 18.2 Å². The van der Waals surface area contributed by atoms with E-state index in [9.17, 15) is 0 Å². The van der Waals surface area contributed by atoms with Gasteiger partial charge in [0.2, 0.25) is 0 Å². The Morgan fingerprint density at radius 1 is 1.26 bits per heavy atom. The molecule has 2 aromatic rings. The highest BCUT2D eigenvalue weighted by Crippen LogP contribution is 2.29. The van der Waals surface area contributed by atoms with E-state index in [1.54, 1.807) is 6.20 Å². The summed E-state index contributed by atoms with van der Waals surface area (Å²) in [5, 5.41) is 3.99. The average molecular weight is 277 g/mol. The highest BCUT2D eigenvalue weighted by Gasteiger charge is 2.07. The summed E-state index contributed by atoms with van der Waals surface area (Å²) in [7, 11) is 0. The van der Waals surface area contributed by atoms with E-state index < -0.39 is 0 Å². The lowest BCUT2D eigenvalue weighted by atomic mass is 10.2. The van der Waals surface area contributed by atoms with E-state index in [-0.39, 0.29) is 0 Å². The van der Waals surface area contributed by atoms with Gasteiger partial charge in [-0.1, -0.05) is 18.5 Å². The minimum absolute atomic E-state index is 0.711. The van der Waals surface area contributed by atoms with Gasteiger partial charge >= 0.3 is 0 Å². The third kappa shape index (κ3) is 3.69. The van der Waals surface area contributed by atoms with Gasteiger partial charge in [-0.15, -0.1) is 0 Å². The fourth-order valence-corrected chi connectivity index (χ4v) is 1.94. The Morgan fingerprint density at radius 2 is 2.11 bits per heavy atom.